The number of hydrogen-bond acceptors (Lipinski definition) is 2. The summed E-state index contributed by atoms with van der Waals surface area (Å²) in [6.45, 7) is 2.87. The van der Waals surface area contributed by atoms with E-state index in [2.05, 4.69) is 81.1 Å². The zero-order chi connectivity index (χ0) is 15.2. The van der Waals surface area contributed by atoms with Crippen molar-refractivity contribution in [1.29, 1.82) is 0 Å². The molecular weight excluding hydrogens is 441 g/mol. The molecule has 0 bridgehead atoms. The van der Waals surface area contributed by atoms with Crippen LogP contribution in [-0.2, 0) is 0 Å². The SMILES string of the molecule is CCCOc1ccc(C(NC)c2cc(Br)ccc2I)cc1. The lowest BCUT2D eigenvalue weighted by Gasteiger charge is -2.19. The predicted molar refractivity (Wildman–Crippen MR) is 100.0 cm³/mol. The second kappa shape index (κ2) is 8.15. The van der Waals surface area contributed by atoms with Crippen molar-refractivity contribution < 1.29 is 4.74 Å². The predicted octanol–water partition coefficient (Wildman–Crippen LogP) is 5.15. The van der Waals surface area contributed by atoms with Gasteiger partial charge in [-0.25, -0.2) is 0 Å². The van der Waals surface area contributed by atoms with Crippen LogP contribution >= 0.6 is 38.5 Å². The fourth-order valence-electron chi connectivity index (χ4n) is 2.21. The third kappa shape index (κ3) is 4.44. The molecule has 0 fully saturated rings. The Kier molecular flexibility index (Phi) is 6.51. The van der Waals surface area contributed by atoms with E-state index in [0.717, 1.165) is 23.2 Å². The zero-order valence-corrected chi connectivity index (χ0v) is 15.9. The van der Waals surface area contributed by atoms with Crippen molar-refractivity contribution in [3.8, 4) is 5.75 Å². The first kappa shape index (κ1) is 16.8. The lowest BCUT2D eigenvalue weighted by Crippen LogP contribution is -2.18. The summed E-state index contributed by atoms with van der Waals surface area (Å²) in [5, 5.41) is 3.40. The molecule has 112 valence electrons. The van der Waals surface area contributed by atoms with Crippen LogP contribution in [0.5, 0.6) is 5.75 Å². The third-order valence-electron chi connectivity index (χ3n) is 3.24. The average Bonchev–Trinajstić information content (AvgIpc) is 2.50. The largest absolute Gasteiger partial charge is 0.494 e. The first-order valence-corrected chi connectivity index (χ1v) is 8.88. The minimum atomic E-state index is 0.176. The maximum atomic E-state index is 5.64. The van der Waals surface area contributed by atoms with Crippen LogP contribution in [0.25, 0.3) is 0 Å². The maximum absolute atomic E-state index is 5.64. The standard InChI is InChI=1S/C17H19BrINO/c1-3-10-21-14-7-4-12(5-8-14)17(20-2)15-11-13(18)6-9-16(15)19/h4-9,11,17,20H,3,10H2,1-2H3. The van der Waals surface area contributed by atoms with Gasteiger partial charge in [0.15, 0.2) is 0 Å². The van der Waals surface area contributed by atoms with E-state index in [1.54, 1.807) is 0 Å². The lowest BCUT2D eigenvalue weighted by molar-refractivity contribution is 0.317. The van der Waals surface area contributed by atoms with E-state index in [4.69, 9.17) is 4.74 Å². The van der Waals surface area contributed by atoms with Crippen molar-refractivity contribution in [1.82, 2.24) is 5.32 Å². The summed E-state index contributed by atoms with van der Waals surface area (Å²) in [6, 6.07) is 14.9. The molecule has 2 aromatic carbocycles. The highest BCUT2D eigenvalue weighted by Crippen LogP contribution is 2.29. The van der Waals surface area contributed by atoms with Gasteiger partial charge in [0.05, 0.1) is 12.6 Å². The Morgan fingerprint density at radius 2 is 1.90 bits per heavy atom. The molecule has 0 radical (unpaired) electrons. The summed E-state index contributed by atoms with van der Waals surface area (Å²) in [6.07, 6.45) is 1.02. The molecule has 0 saturated carbocycles. The van der Waals surface area contributed by atoms with Crippen molar-refractivity contribution in [3.05, 3.63) is 61.6 Å². The van der Waals surface area contributed by atoms with Gasteiger partial charge in [-0.3, -0.25) is 0 Å². The van der Waals surface area contributed by atoms with Gasteiger partial charge in [0, 0.05) is 8.04 Å². The summed E-state index contributed by atoms with van der Waals surface area (Å²) in [4.78, 5) is 0. The molecule has 1 unspecified atom stereocenters. The van der Waals surface area contributed by atoms with E-state index in [9.17, 15) is 0 Å². The third-order valence-corrected chi connectivity index (χ3v) is 4.72. The van der Waals surface area contributed by atoms with Crippen LogP contribution in [0.2, 0.25) is 0 Å². The molecule has 0 saturated heterocycles. The van der Waals surface area contributed by atoms with Gasteiger partial charge < -0.3 is 10.1 Å². The zero-order valence-electron chi connectivity index (χ0n) is 12.2. The van der Waals surface area contributed by atoms with Gasteiger partial charge >= 0.3 is 0 Å². The van der Waals surface area contributed by atoms with Crippen molar-refractivity contribution >= 4 is 38.5 Å². The molecule has 2 aromatic rings. The topological polar surface area (TPSA) is 21.3 Å². The maximum Gasteiger partial charge on any atom is 0.119 e. The van der Waals surface area contributed by atoms with Crippen LogP contribution < -0.4 is 10.1 Å². The van der Waals surface area contributed by atoms with E-state index in [1.165, 1.54) is 14.7 Å². The van der Waals surface area contributed by atoms with Gasteiger partial charge in [0.2, 0.25) is 0 Å². The molecule has 0 heterocycles. The minimum Gasteiger partial charge on any atom is -0.494 e. The Hall–Kier alpha value is -0.590. The molecule has 2 rings (SSSR count). The highest BCUT2D eigenvalue weighted by molar-refractivity contribution is 14.1. The minimum absolute atomic E-state index is 0.176. The second-order valence-electron chi connectivity index (χ2n) is 4.81. The van der Waals surface area contributed by atoms with Gasteiger partial charge in [-0.05, 0) is 77.5 Å². The number of benzene rings is 2. The van der Waals surface area contributed by atoms with Gasteiger partial charge in [-0.15, -0.1) is 0 Å². The van der Waals surface area contributed by atoms with E-state index >= 15 is 0 Å². The Labute approximate surface area is 148 Å². The van der Waals surface area contributed by atoms with Crippen molar-refractivity contribution in [2.75, 3.05) is 13.7 Å². The van der Waals surface area contributed by atoms with Crippen LogP contribution in [0.4, 0.5) is 0 Å². The lowest BCUT2D eigenvalue weighted by atomic mass is 9.99. The molecule has 2 nitrogen and oxygen atoms in total. The summed E-state index contributed by atoms with van der Waals surface area (Å²) in [7, 11) is 1.99. The molecule has 1 N–H and O–H groups in total. The Morgan fingerprint density at radius 3 is 2.52 bits per heavy atom. The van der Waals surface area contributed by atoms with Gasteiger partial charge in [-0.2, -0.15) is 0 Å². The van der Waals surface area contributed by atoms with E-state index < -0.39 is 0 Å². The molecule has 21 heavy (non-hydrogen) atoms. The number of halogens is 2. The van der Waals surface area contributed by atoms with Gasteiger partial charge in [0.1, 0.15) is 5.75 Å². The average molecular weight is 460 g/mol. The number of nitrogens with one attached hydrogen (secondary N) is 1. The summed E-state index contributed by atoms with van der Waals surface area (Å²) < 4.78 is 7.99. The molecule has 0 aliphatic rings. The number of hydrogen-bond donors (Lipinski definition) is 1. The van der Waals surface area contributed by atoms with E-state index in [-0.39, 0.29) is 6.04 Å². The first-order valence-electron chi connectivity index (χ1n) is 7.00. The fraction of sp³-hybridized carbons (Fsp3) is 0.294. The normalized spacial score (nSPS) is 12.2. The first-order chi connectivity index (χ1) is 10.2. The number of ether oxygens (including phenoxy) is 1. The smallest absolute Gasteiger partial charge is 0.119 e. The van der Waals surface area contributed by atoms with Crippen molar-refractivity contribution in [2.45, 2.75) is 19.4 Å². The molecule has 0 amide bonds. The van der Waals surface area contributed by atoms with Crippen LogP contribution in [0.1, 0.15) is 30.5 Å². The molecular formula is C17H19BrINO. The van der Waals surface area contributed by atoms with Crippen LogP contribution in [-0.4, -0.2) is 13.7 Å². The van der Waals surface area contributed by atoms with Crippen molar-refractivity contribution in [2.24, 2.45) is 0 Å². The fourth-order valence-corrected chi connectivity index (χ4v) is 3.24. The van der Waals surface area contributed by atoms with Crippen LogP contribution in [0.3, 0.4) is 0 Å². The molecule has 0 aliphatic heterocycles. The molecule has 1 atom stereocenters. The molecule has 4 heteroatoms. The molecule has 0 aromatic heterocycles. The van der Waals surface area contributed by atoms with Crippen LogP contribution in [0, 0.1) is 3.57 Å². The quantitative estimate of drug-likeness (QED) is 0.603. The van der Waals surface area contributed by atoms with Gasteiger partial charge in [-0.1, -0.05) is 35.0 Å². The summed E-state index contributed by atoms with van der Waals surface area (Å²) >= 11 is 5.94. The second-order valence-corrected chi connectivity index (χ2v) is 6.88. The Morgan fingerprint density at radius 1 is 1.19 bits per heavy atom. The highest BCUT2D eigenvalue weighted by Gasteiger charge is 2.15. The molecule has 0 aliphatic carbocycles. The van der Waals surface area contributed by atoms with E-state index in [0.29, 0.717) is 0 Å². The number of rotatable bonds is 6. The Bertz CT molecular complexity index is 586. The Balaban J connectivity index is 2.26. The summed E-state index contributed by atoms with van der Waals surface area (Å²) in [5.74, 6) is 0.930. The highest BCUT2D eigenvalue weighted by atomic mass is 127. The molecule has 0 spiro atoms. The van der Waals surface area contributed by atoms with Gasteiger partial charge in [0.25, 0.3) is 0 Å². The van der Waals surface area contributed by atoms with Crippen molar-refractivity contribution in [3.63, 3.8) is 0 Å². The van der Waals surface area contributed by atoms with E-state index in [1.807, 2.05) is 19.2 Å². The summed E-state index contributed by atoms with van der Waals surface area (Å²) in [5.41, 5.74) is 2.51. The monoisotopic (exact) mass is 459 g/mol. The van der Waals surface area contributed by atoms with Crippen LogP contribution in [0.15, 0.2) is 46.9 Å².